The van der Waals surface area contributed by atoms with Crippen LogP contribution in [0, 0.1) is 20.8 Å². The molecule has 0 aliphatic heterocycles. The lowest BCUT2D eigenvalue weighted by molar-refractivity contribution is 0.924. The average molecular weight is 203 g/mol. The summed E-state index contributed by atoms with van der Waals surface area (Å²) in [5.74, 6) is 1.07. The Morgan fingerprint density at radius 1 is 1.20 bits per heavy atom. The predicted molar refractivity (Wildman–Crippen MR) is 57.8 cm³/mol. The van der Waals surface area contributed by atoms with Crippen LogP contribution < -0.4 is 5.73 Å². The van der Waals surface area contributed by atoms with Gasteiger partial charge in [-0.15, -0.1) is 0 Å². The van der Waals surface area contributed by atoms with Gasteiger partial charge in [-0.2, -0.15) is 4.98 Å². The zero-order valence-electron chi connectivity index (χ0n) is 9.02. The predicted octanol–water partition coefficient (Wildman–Crippen LogP) is 1.17. The normalized spacial score (nSPS) is 10.6. The van der Waals surface area contributed by atoms with Crippen molar-refractivity contribution in [3.63, 3.8) is 0 Å². The van der Waals surface area contributed by atoms with Gasteiger partial charge in [0.1, 0.15) is 12.1 Å². The quantitative estimate of drug-likeness (QED) is 0.755. The first-order valence-corrected chi connectivity index (χ1v) is 4.69. The Morgan fingerprint density at radius 2 is 1.93 bits per heavy atom. The van der Waals surface area contributed by atoms with Crippen molar-refractivity contribution in [1.82, 2.24) is 19.5 Å². The van der Waals surface area contributed by atoms with Gasteiger partial charge in [-0.1, -0.05) is 0 Å². The molecule has 15 heavy (non-hydrogen) atoms. The van der Waals surface area contributed by atoms with Crippen LogP contribution in [0.2, 0.25) is 0 Å². The van der Waals surface area contributed by atoms with Crippen molar-refractivity contribution in [2.45, 2.75) is 20.8 Å². The Bertz CT molecular complexity index is 501. The maximum atomic E-state index is 5.57. The van der Waals surface area contributed by atoms with E-state index < -0.39 is 0 Å². The number of nitrogens with two attached hydrogens (primary N) is 1. The van der Waals surface area contributed by atoms with Crippen LogP contribution in [-0.4, -0.2) is 19.5 Å². The van der Waals surface area contributed by atoms with E-state index in [1.54, 1.807) is 12.5 Å². The molecule has 0 saturated carbocycles. The molecule has 2 heterocycles. The highest BCUT2D eigenvalue weighted by Crippen LogP contribution is 2.15. The maximum Gasteiger partial charge on any atom is 0.221 e. The molecular formula is C10H13N5. The molecule has 0 fully saturated rings. The minimum absolute atomic E-state index is 0.279. The zero-order valence-corrected chi connectivity index (χ0v) is 9.02. The van der Waals surface area contributed by atoms with Crippen molar-refractivity contribution < 1.29 is 0 Å². The summed E-state index contributed by atoms with van der Waals surface area (Å²) in [6.45, 7) is 5.91. The molecule has 0 bridgehead atoms. The molecule has 2 rings (SSSR count). The standard InChI is InChI=1S/C10H13N5/c1-6-4-12-10(11)14-9(6)15-5-13-7(2)8(15)3/h4-5H,1-3H3,(H2,11,12,14). The van der Waals surface area contributed by atoms with Crippen LogP contribution in [0.15, 0.2) is 12.5 Å². The summed E-state index contributed by atoms with van der Waals surface area (Å²) < 4.78 is 1.92. The highest BCUT2D eigenvalue weighted by atomic mass is 15.2. The van der Waals surface area contributed by atoms with Crippen LogP contribution >= 0.6 is 0 Å². The molecule has 0 spiro atoms. The first-order valence-electron chi connectivity index (χ1n) is 4.69. The largest absolute Gasteiger partial charge is 0.368 e. The molecule has 2 aromatic rings. The van der Waals surface area contributed by atoms with Gasteiger partial charge < -0.3 is 5.73 Å². The van der Waals surface area contributed by atoms with E-state index in [-0.39, 0.29) is 5.95 Å². The summed E-state index contributed by atoms with van der Waals surface area (Å²) in [7, 11) is 0. The van der Waals surface area contributed by atoms with Gasteiger partial charge in [0.2, 0.25) is 5.95 Å². The Kier molecular flexibility index (Phi) is 2.15. The minimum Gasteiger partial charge on any atom is -0.368 e. The summed E-state index contributed by atoms with van der Waals surface area (Å²) >= 11 is 0. The van der Waals surface area contributed by atoms with Crippen molar-refractivity contribution in [1.29, 1.82) is 0 Å². The van der Waals surface area contributed by atoms with Crippen LogP contribution in [0.4, 0.5) is 5.95 Å². The van der Waals surface area contributed by atoms with E-state index in [1.807, 2.05) is 25.3 Å². The molecule has 0 aliphatic carbocycles. The molecule has 78 valence electrons. The summed E-state index contributed by atoms with van der Waals surface area (Å²) in [4.78, 5) is 12.4. The number of rotatable bonds is 1. The van der Waals surface area contributed by atoms with Crippen molar-refractivity contribution in [2.24, 2.45) is 0 Å². The summed E-state index contributed by atoms with van der Waals surface area (Å²) in [6.07, 6.45) is 3.46. The van der Waals surface area contributed by atoms with Crippen molar-refractivity contribution in [3.05, 3.63) is 29.5 Å². The molecule has 0 radical (unpaired) electrons. The second kappa shape index (κ2) is 3.34. The first kappa shape index (κ1) is 9.64. The molecule has 0 saturated heterocycles. The first-order chi connectivity index (χ1) is 7.09. The molecule has 5 nitrogen and oxygen atoms in total. The highest BCUT2D eigenvalue weighted by molar-refractivity contribution is 5.37. The van der Waals surface area contributed by atoms with Crippen molar-refractivity contribution in [3.8, 4) is 5.82 Å². The monoisotopic (exact) mass is 203 g/mol. The fourth-order valence-corrected chi connectivity index (χ4v) is 1.40. The number of aryl methyl sites for hydroxylation is 2. The second-order valence-corrected chi connectivity index (χ2v) is 3.52. The van der Waals surface area contributed by atoms with Gasteiger partial charge in [-0.3, -0.25) is 4.57 Å². The van der Waals surface area contributed by atoms with E-state index in [9.17, 15) is 0 Å². The fourth-order valence-electron chi connectivity index (χ4n) is 1.40. The van der Waals surface area contributed by atoms with Gasteiger partial charge in [0.05, 0.1) is 5.69 Å². The molecule has 5 heteroatoms. The topological polar surface area (TPSA) is 69.6 Å². The van der Waals surface area contributed by atoms with Crippen LogP contribution in [0.3, 0.4) is 0 Å². The summed E-state index contributed by atoms with van der Waals surface area (Å²) in [5, 5.41) is 0. The third-order valence-corrected chi connectivity index (χ3v) is 2.44. The van der Waals surface area contributed by atoms with Gasteiger partial charge in [0, 0.05) is 17.5 Å². The van der Waals surface area contributed by atoms with E-state index in [4.69, 9.17) is 5.73 Å². The van der Waals surface area contributed by atoms with E-state index in [1.165, 1.54) is 0 Å². The highest BCUT2D eigenvalue weighted by Gasteiger charge is 2.08. The summed E-state index contributed by atoms with van der Waals surface area (Å²) in [5.41, 5.74) is 8.60. The number of anilines is 1. The maximum absolute atomic E-state index is 5.57. The number of hydrogen-bond acceptors (Lipinski definition) is 4. The van der Waals surface area contributed by atoms with Crippen LogP contribution in [0.25, 0.3) is 5.82 Å². The average Bonchev–Trinajstić information content (AvgIpc) is 2.52. The summed E-state index contributed by atoms with van der Waals surface area (Å²) in [6, 6.07) is 0. The van der Waals surface area contributed by atoms with Gasteiger partial charge >= 0.3 is 0 Å². The van der Waals surface area contributed by atoms with Crippen LogP contribution in [0.1, 0.15) is 17.0 Å². The lowest BCUT2D eigenvalue weighted by Gasteiger charge is -2.07. The molecule has 2 N–H and O–H groups in total. The smallest absolute Gasteiger partial charge is 0.221 e. The molecule has 0 aromatic carbocycles. The van der Waals surface area contributed by atoms with Gasteiger partial charge in [-0.25, -0.2) is 9.97 Å². The van der Waals surface area contributed by atoms with Gasteiger partial charge in [-0.05, 0) is 20.8 Å². The number of aromatic nitrogens is 4. The Labute approximate surface area is 88.0 Å². The van der Waals surface area contributed by atoms with E-state index in [2.05, 4.69) is 15.0 Å². The molecule has 0 amide bonds. The van der Waals surface area contributed by atoms with Gasteiger partial charge in [0.25, 0.3) is 0 Å². The minimum atomic E-state index is 0.279. The Morgan fingerprint density at radius 3 is 2.53 bits per heavy atom. The number of nitrogens with zero attached hydrogens (tertiary/aromatic N) is 4. The lowest BCUT2D eigenvalue weighted by atomic mass is 10.3. The van der Waals surface area contributed by atoms with Gasteiger partial charge in [0.15, 0.2) is 0 Å². The van der Waals surface area contributed by atoms with Crippen molar-refractivity contribution >= 4 is 5.95 Å². The van der Waals surface area contributed by atoms with E-state index in [0.29, 0.717) is 0 Å². The number of hydrogen-bond donors (Lipinski definition) is 1. The number of nitrogen functional groups attached to an aromatic ring is 1. The van der Waals surface area contributed by atoms with E-state index in [0.717, 1.165) is 22.8 Å². The lowest BCUT2D eigenvalue weighted by Crippen LogP contribution is -2.05. The molecule has 0 aliphatic rings. The SMILES string of the molecule is Cc1cnc(N)nc1-n1cnc(C)c1C. The van der Waals surface area contributed by atoms with E-state index >= 15 is 0 Å². The molecule has 0 unspecified atom stereocenters. The molecule has 0 atom stereocenters. The van der Waals surface area contributed by atoms with Crippen molar-refractivity contribution in [2.75, 3.05) is 5.73 Å². The zero-order chi connectivity index (χ0) is 11.0. The third-order valence-electron chi connectivity index (χ3n) is 2.44. The Hall–Kier alpha value is -1.91. The number of imidazole rings is 1. The second-order valence-electron chi connectivity index (χ2n) is 3.52. The van der Waals surface area contributed by atoms with Crippen LogP contribution in [0.5, 0.6) is 0 Å². The molecular weight excluding hydrogens is 190 g/mol. The fraction of sp³-hybridized carbons (Fsp3) is 0.300. The van der Waals surface area contributed by atoms with Crippen LogP contribution in [-0.2, 0) is 0 Å². The third kappa shape index (κ3) is 1.56. The molecule has 2 aromatic heterocycles. The Balaban J connectivity index is 2.63.